The smallest absolute Gasteiger partial charge is 0.305 e. The van der Waals surface area contributed by atoms with E-state index in [-0.39, 0.29) is 31.3 Å². The van der Waals surface area contributed by atoms with Gasteiger partial charge in [-0.2, -0.15) is 0 Å². The minimum atomic E-state index is -0.868. The van der Waals surface area contributed by atoms with Crippen LogP contribution in [0.4, 0.5) is 0 Å². The van der Waals surface area contributed by atoms with Gasteiger partial charge in [0.1, 0.15) is 6.04 Å². The first-order chi connectivity index (χ1) is 15.9. The number of fused-ring (bicyclic) bond motifs is 1. The third kappa shape index (κ3) is 6.06. The summed E-state index contributed by atoms with van der Waals surface area (Å²) in [6.45, 7) is 4.69. The highest BCUT2D eigenvalue weighted by atomic mass is 16.5. The number of amides is 2. The average Bonchev–Trinajstić information content (AvgIpc) is 3.13. The lowest BCUT2D eigenvalue weighted by Gasteiger charge is -2.24. The molecule has 7 heteroatoms. The standard InChI is InChI=1S/C26H31N3O4/c1-3-5-8-20-9-7-10-22(28-20)18-11-12-21-19(16-18)17-29(26(21)32)23(25(27)31)13-14-24(30)33-15-6-4-2/h5,7-12,16,23H,3-4,6,13-15,17H2,1-2H3,(H2,27,31)/b8-5+. The molecule has 174 valence electrons. The van der Waals surface area contributed by atoms with Gasteiger partial charge in [0.15, 0.2) is 0 Å². The van der Waals surface area contributed by atoms with E-state index in [1.165, 1.54) is 4.90 Å². The monoisotopic (exact) mass is 449 g/mol. The Balaban J connectivity index is 1.74. The lowest BCUT2D eigenvalue weighted by molar-refractivity contribution is -0.144. The van der Waals surface area contributed by atoms with E-state index < -0.39 is 11.9 Å². The Morgan fingerprint density at radius 1 is 1.24 bits per heavy atom. The minimum Gasteiger partial charge on any atom is -0.466 e. The molecule has 7 nitrogen and oxygen atoms in total. The molecule has 0 radical (unpaired) electrons. The van der Waals surface area contributed by atoms with Gasteiger partial charge in [-0.3, -0.25) is 14.4 Å². The molecule has 3 rings (SSSR count). The fourth-order valence-electron chi connectivity index (χ4n) is 3.81. The Hall–Kier alpha value is -3.48. The van der Waals surface area contributed by atoms with Crippen LogP contribution in [0, 0.1) is 0 Å². The van der Waals surface area contributed by atoms with E-state index in [4.69, 9.17) is 10.5 Å². The van der Waals surface area contributed by atoms with Gasteiger partial charge in [0.05, 0.1) is 18.0 Å². The van der Waals surface area contributed by atoms with Gasteiger partial charge in [-0.05, 0) is 55.2 Å². The Morgan fingerprint density at radius 2 is 2.06 bits per heavy atom. The van der Waals surface area contributed by atoms with Crippen molar-refractivity contribution in [3.63, 3.8) is 0 Å². The SMILES string of the molecule is CC/C=C/c1cccc(-c2ccc3c(c2)CN(C(CCC(=O)OCCCC)C(N)=O)C3=O)n1. The van der Waals surface area contributed by atoms with Gasteiger partial charge in [0.2, 0.25) is 5.91 Å². The second-order valence-electron chi connectivity index (χ2n) is 8.09. The topological polar surface area (TPSA) is 103 Å². The van der Waals surface area contributed by atoms with Gasteiger partial charge in [-0.15, -0.1) is 0 Å². The Kier molecular flexibility index (Phi) is 8.35. The van der Waals surface area contributed by atoms with E-state index in [0.29, 0.717) is 12.2 Å². The maximum absolute atomic E-state index is 13.0. The predicted molar refractivity (Wildman–Crippen MR) is 127 cm³/mol. The summed E-state index contributed by atoms with van der Waals surface area (Å²) < 4.78 is 5.16. The Bertz CT molecular complexity index is 1050. The summed E-state index contributed by atoms with van der Waals surface area (Å²) in [5, 5.41) is 0. The van der Waals surface area contributed by atoms with Crippen LogP contribution in [-0.4, -0.2) is 40.3 Å². The molecule has 1 atom stereocenters. The summed E-state index contributed by atoms with van der Waals surface area (Å²) in [6.07, 6.45) is 6.85. The number of rotatable bonds is 11. The van der Waals surface area contributed by atoms with Crippen LogP contribution >= 0.6 is 0 Å². The van der Waals surface area contributed by atoms with Crippen molar-refractivity contribution in [2.24, 2.45) is 5.73 Å². The zero-order chi connectivity index (χ0) is 23.8. The number of esters is 1. The van der Waals surface area contributed by atoms with Crippen LogP contribution in [0.15, 0.2) is 42.5 Å². The van der Waals surface area contributed by atoms with Crippen LogP contribution in [0.25, 0.3) is 17.3 Å². The first-order valence-corrected chi connectivity index (χ1v) is 11.5. The molecule has 0 bridgehead atoms. The number of nitrogens with zero attached hydrogens (tertiary/aromatic N) is 2. The highest BCUT2D eigenvalue weighted by Gasteiger charge is 2.35. The molecule has 0 saturated carbocycles. The van der Waals surface area contributed by atoms with Crippen LogP contribution in [0.3, 0.4) is 0 Å². The summed E-state index contributed by atoms with van der Waals surface area (Å²) in [5.41, 5.74) is 9.52. The van der Waals surface area contributed by atoms with Crippen LogP contribution < -0.4 is 5.73 Å². The molecule has 1 aliphatic rings. The van der Waals surface area contributed by atoms with Crippen molar-refractivity contribution in [1.82, 2.24) is 9.88 Å². The summed E-state index contributed by atoms with van der Waals surface area (Å²) in [6, 6.07) is 10.5. The van der Waals surface area contributed by atoms with Crippen molar-refractivity contribution >= 4 is 23.9 Å². The number of hydrogen-bond acceptors (Lipinski definition) is 5. The molecule has 33 heavy (non-hydrogen) atoms. The number of ether oxygens (including phenoxy) is 1. The average molecular weight is 450 g/mol. The quantitative estimate of drug-likeness (QED) is 0.411. The molecule has 2 amide bonds. The van der Waals surface area contributed by atoms with Crippen molar-refractivity contribution in [3.8, 4) is 11.3 Å². The van der Waals surface area contributed by atoms with E-state index in [9.17, 15) is 14.4 Å². The highest BCUT2D eigenvalue weighted by molar-refractivity contribution is 6.01. The molecule has 1 aliphatic heterocycles. The third-order valence-corrected chi connectivity index (χ3v) is 5.62. The normalized spacial score (nSPS) is 13.9. The number of hydrogen-bond donors (Lipinski definition) is 1. The van der Waals surface area contributed by atoms with Crippen molar-refractivity contribution in [1.29, 1.82) is 0 Å². The van der Waals surface area contributed by atoms with E-state index in [0.717, 1.165) is 41.8 Å². The Morgan fingerprint density at radius 3 is 2.79 bits per heavy atom. The first-order valence-electron chi connectivity index (χ1n) is 11.5. The molecule has 0 aliphatic carbocycles. The number of primary amides is 1. The number of benzene rings is 1. The molecule has 0 fully saturated rings. The second-order valence-corrected chi connectivity index (χ2v) is 8.09. The predicted octanol–water partition coefficient (Wildman–Crippen LogP) is 4.11. The lowest BCUT2D eigenvalue weighted by Crippen LogP contribution is -2.45. The highest BCUT2D eigenvalue weighted by Crippen LogP contribution is 2.30. The summed E-state index contributed by atoms with van der Waals surface area (Å²) >= 11 is 0. The van der Waals surface area contributed by atoms with Crippen molar-refractivity contribution in [3.05, 3.63) is 59.3 Å². The number of carbonyl (C=O) groups is 3. The number of pyridine rings is 1. The minimum absolute atomic E-state index is 0.0324. The molecule has 1 aromatic heterocycles. The lowest BCUT2D eigenvalue weighted by atomic mass is 10.0. The molecule has 1 aromatic carbocycles. The number of unbranched alkanes of at least 4 members (excludes halogenated alkanes) is 1. The summed E-state index contributed by atoms with van der Waals surface area (Å²) in [4.78, 5) is 43.2. The maximum atomic E-state index is 13.0. The van der Waals surface area contributed by atoms with Gasteiger partial charge in [-0.1, -0.05) is 38.5 Å². The number of nitrogens with two attached hydrogens (primary N) is 1. The second kappa shape index (κ2) is 11.4. The Labute approximate surface area is 194 Å². The van der Waals surface area contributed by atoms with Gasteiger partial charge < -0.3 is 15.4 Å². The molecular weight excluding hydrogens is 418 g/mol. The van der Waals surface area contributed by atoms with Crippen LogP contribution in [-0.2, 0) is 20.9 Å². The van der Waals surface area contributed by atoms with Gasteiger partial charge in [0.25, 0.3) is 5.91 Å². The zero-order valence-electron chi connectivity index (χ0n) is 19.3. The first kappa shape index (κ1) is 24.2. The van der Waals surface area contributed by atoms with Crippen molar-refractivity contribution in [2.75, 3.05) is 6.61 Å². The van der Waals surface area contributed by atoms with Crippen molar-refractivity contribution in [2.45, 2.75) is 58.5 Å². The molecule has 2 heterocycles. The fraction of sp³-hybridized carbons (Fsp3) is 0.385. The van der Waals surface area contributed by atoms with E-state index in [1.54, 1.807) is 6.07 Å². The van der Waals surface area contributed by atoms with Crippen LogP contribution in [0.1, 0.15) is 67.6 Å². The molecule has 1 unspecified atom stereocenters. The molecule has 0 saturated heterocycles. The van der Waals surface area contributed by atoms with Crippen LogP contribution in [0.5, 0.6) is 0 Å². The van der Waals surface area contributed by atoms with E-state index in [2.05, 4.69) is 18.0 Å². The molecular formula is C26H31N3O4. The summed E-state index contributed by atoms with van der Waals surface area (Å²) in [5.74, 6) is -1.27. The molecule has 2 N–H and O–H groups in total. The van der Waals surface area contributed by atoms with E-state index >= 15 is 0 Å². The number of allylic oxidation sites excluding steroid dienone is 1. The van der Waals surface area contributed by atoms with E-state index in [1.807, 2.05) is 43.3 Å². The van der Waals surface area contributed by atoms with Gasteiger partial charge in [0, 0.05) is 24.1 Å². The third-order valence-electron chi connectivity index (χ3n) is 5.62. The molecule has 2 aromatic rings. The number of carbonyl (C=O) groups excluding carboxylic acids is 3. The summed E-state index contributed by atoms with van der Waals surface area (Å²) in [7, 11) is 0. The fourth-order valence-corrected chi connectivity index (χ4v) is 3.81. The van der Waals surface area contributed by atoms with Crippen molar-refractivity contribution < 1.29 is 19.1 Å². The number of aromatic nitrogens is 1. The molecule has 0 spiro atoms. The zero-order valence-corrected chi connectivity index (χ0v) is 19.3. The van der Waals surface area contributed by atoms with Crippen LogP contribution in [0.2, 0.25) is 0 Å². The maximum Gasteiger partial charge on any atom is 0.305 e. The largest absolute Gasteiger partial charge is 0.466 e. The van der Waals surface area contributed by atoms with Gasteiger partial charge >= 0.3 is 5.97 Å². The van der Waals surface area contributed by atoms with Gasteiger partial charge in [-0.25, -0.2) is 4.98 Å².